The summed E-state index contributed by atoms with van der Waals surface area (Å²) in [6.45, 7) is 6.73. The van der Waals surface area contributed by atoms with Crippen molar-refractivity contribution in [2.24, 2.45) is 0 Å². The summed E-state index contributed by atoms with van der Waals surface area (Å²) in [5.74, 6) is -0.158. The van der Waals surface area contributed by atoms with Crippen LogP contribution >= 0.6 is 0 Å². The fraction of sp³-hybridized carbons (Fsp3) is 0.182. The monoisotopic (exact) mass is 345 g/mol. The SMILES string of the molecule is Cc1ccc(CNc2cncc(C(=O)Nc3c(C)cccc3C)c2)cc1. The summed E-state index contributed by atoms with van der Waals surface area (Å²) < 4.78 is 0. The van der Waals surface area contributed by atoms with Gasteiger partial charge in [0.2, 0.25) is 0 Å². The lowest BCUT2D eigenvalue weighted by Gasteiger charge is -2.12. The molecule has 4 heteroatoms. The van der Waals surface area contributed by atoms with Crippen molar-refractivity contribution in [3.05, 3.63) is 88.7 Å². The van der Waals surface area contributed by atoms with Crippen molar-refractivity contribution in [3.63, 3.8) is 0 Å². The van der Waals surface area contributed by atoms with Crippen LogP contribution in [0.25, 0.3) is 0 Å². The third-order valence-electron chi connectivity index (χ3n) is 4.34. The molecule has 0 aliphatic heterocycles. The largest absolute Gasteiger partial charge is 0.380 e. The zero-order valence-corrected chi connectivity index (χ0v) is 15.3. The van der Waals surface area contributed by atoms with Crippen molar-refractivity contribution in [2.75, 3.05) is 10.6 Å². The van der Waals surface area contributed by atoms with Gasteiger partial charge in [0.05, 0.1) is 11.3 Å². The first-order valence-corrected chi connectivity index (χ1v) is 8.65. The van der Waals surface area contributed by atoms with Gasteiger partial charge in [-0.15, -0.1) is 0 Å². The van der Waals surface area contributed by atoms with Gasteiger partial charge in [0.1, 0.15) is 0 Å². The third-order valence-corrected chi connectivity index (χ3v) is 4.34. The number of pyridine rings is 1. The highest BCUT2D eigenvalue weighted by molar-refractivity contribution is 6.05. The molecular formula is C22H23N3O. The van der Waals surface area contributed by atoms with Crippen molar-refractivity contribution in [3.8, 4) is 0 Å². The van der Waals surface area contributed by atoms with Crippen LogP contribution < -0.4 is 10.6 Å². The van der Waals surface area contributed by atoms with Crippen LogP contribution in [0.15, 0.2) is 60.9 Å². The molecule has 2 N–H and O–H groups in total. The number of amides is 1. The number of benzene rings is 2. The number of aryl methyl sites for hydroxylation is 3. The third kappa shape index (κ3) is 4.28. The fourth-order valence-corrected chi connectivity index (χ4v) is 2.77. The van der Waals surface area contributed by atoms with Gasteiger partial charge in [-0.3, -0.25) is 9.78 Å². The van der Waals surface area contributed by atoms with E-state index in [-0.39, 0.29) is 5.91 Å². The highest BCUT2D eigenvalue weighted by Gasteiger charge is 2.10. The molecule has 0 aliphatic carbocycles. The standard InChI is InChI=1S/C22H23N3O/c1-15-7-9-18(10-8-15)12-24-20-11-19(13-23-14-20)22(26)25-21-16(2)5-4-6-17(21)3/h4-11,13-14,24H,12H2,1-3H3,(H,25,26). The summed E-state index contributed by atoms with van der Waals surface area (Å²) in [5.41, 5.74) is 6.71. The summed E-state index contributed by atoms with van der Waals surface area (Å²) in [4.78, 5) is 16.8. The van der Waals surface area contributed by atoms with E-state index in [9.17, 15) is 4.79 Å². The molecule has 4 nitrogen and oxygen atoms in total. The van der Waals surface area contributed by atoms with Crippen LogP contribution in [0.3, 0.4) is 0 Å². The Balaban J connectivity index is 1.70. The molecule has 0 spiro atoms. The first kappa shape index (κ1) is 17.7. The fourth-order valence-electron chi connectivity index (χ4n) is 2.77. The highest BCUT2D eigenvalue weighted by Crippen LogP contribution is 2.21. The van der Waals surface area contributed by atoms with E-state index in [0.717, 1.165) is 22.5 Å². The molecule has 0 saturated heterocycles. The molecular weight excluding hydrogens is 322 g/mol. The number of nitrogens with one attached hydrogen (secondary N) is 2. The number of carbonyl (C=O) groups excluding carboxylic acids is 1. The van der Waals surface area contributed by atoms with Gasteiger partial charge in [-0.25, -0.2) is 0 Å². The van der Waals surface area contributed by atoms with Crippen molar-refractivity contribution >= 4 is 17.3 Å². The number of nitrogens with zero attached hydrogens (tertiary/aromatic N) is 1. The van der Waals surface area contributed by atoms with Crippen LogP contribution in [0.5, 0.6) is 0 Å². The summed E-state index contributed by atoms with van der Waals surface area (Å²) >= 11 is 0. The predicted molar refractivity (Wildman–Crippen MR) is 107 cm³/mol. The maximum atomic E-state index is 12.6. The predicted octanol–water partition coefficient (Wildman–Crippen LogP) is 4.87. The van der Waals surface area contributed by atoms with Crippen molar-refractivity contribution in [2.45, 2.75) is 27.3 Å². The average Bonchev–Trinajstić information content (AvgIpc) is 2.64. The number of hydrogen-bond acceptors (Lipinski definition) is 3. The van der Waals surface area contributed by atoms with E-state index in [0.29, 0.717) is 12.1 Å². The van der Waals surface area contributed by atoms with Crippen LogP contribution in [0.1, 0.15) is 32.6 Å². The van der Waals surface area contributed by atoms with Gasteiger partial charge in [0, 0.05) is 24.6 Å². The maximum Gasteiger partial charge on any atom is 0.257 e. The van der Waals surface area contributed by atoms with Crippen molar-refractivity contribution < 1.29 is 4.79 Å². The topological polar surface area (TPSA) is 54.0 Å². The van der Waals surface area contributed by atoms with Crippen LogP contribution in [-0.2, 0) is 6.54 Å². The first-order chi connectivity index (χ1) is 12.5. The Bertz CT molecular complexity index is 897. The van der Waals surface area contributed by atoms with Gasteiger partial charge in [-0.05, 0) is 43.5 Å². The summed E-state index contributed by atoms with van der Waals surface area (Å²) in [6.07, 6.45) is 3.31. The summed E-state index contributed by atoms with van der Waals surface area (Å²) in [7, 11) is 0. The van der Waals surface area contributed by atoms with Crippen LogP contribution in [0, 0.1) is 20.8 Å². The molecule has 0 radical (unpaired) electrons. The average molecular weight is 345 g/mol. The molecule has 0 aliphatic rings. The van der Waals surface area contributed by atoms with E-state index in [1.807, 2.05) is 38.1 Å². The van der Waals surface area contributed by atoms with Gasteiger partial charge in [-0.2, -0.15) is 0 Å². The van der Waals surface area contributed by atoms with Gasteiger partial charge in [0.15, 0.2) is 0 Å². The van der Waals surface area contributed by atoms with Crippen LogP contribution in [0.2, 0.25) is 0 Å². The van der Waals surface area contributed by atoms with E-state index >= 15 is 0 Å². The number of hydrogen-bond donors (Lipinski definition) is 2. The minimum atomic E-state index is -0.158. The minimum Gasteiger partial charge on any atom is -0.380 e. The Morgan fingerprint density at radius 1 is 0.962 bits per heavy atom. The van der Waals surface area contributed by atoms with E-state index in [1.54, 1.807) is 12.4 Å². The second-order valence-electron chi connectivity index (χ2n) is 6.52. The highest BCUT2D eigenvalue weighted by atomic mass is 16.1. The maximum absolute atomic E-state index is 12.6. The second kappa shape index (κ2) is 7.83. The molecule has 1 amide bonds. The molecule has 0 unspecified atom stereocenters. The molecule has 3 aromatic rings. The normalized spacial score (nSPS) is 10.4. The molecule has 26 heavy (non-hydrogen) atoms. The van der Waals surface area contributed by atoms with Crippen molar-refractivity contribution in [1.29, 1.82) is 0 Å². The number of rotatable bonds is 5. The summed E-state index contributed by atoms with van der Waals surface area (Å²) in [5, 5.41) is 6.32. The van der Waals surface area contributed by atoms with E-state index in [1.165, 1.54) is 11.1 Å². The molecule has 1 aromatic heterocycles. The van der Waals surface area contributed by atoms with Crippen LogP contribution in [0.4, 0.5) is 11.4 Å². The quantitative estimate of drug-likeness (QED) is 0.693. The lowest BCUT2D eigenvalue weighted by atomic mass is 10.1. The Morgan fingerprint density at radius 3 is 2.35 bits per heavy atom. The molecule has 3 rings (SSSR count). The van der Waals surface area contributed by atoms with Gasteiger partial charge in [-0.1, -0.05) is 48.0 Å². The van der Waals surface area contributed by atoms with Gasteiger partial charge >= 0.3 is 0 Å². The minimum absolute atomic E-state index is 0.158. The van der Waals surface area contributed by atoms with E-state index in [2.05, 4.69) is 46.8 Å². The zero-order chi connectivity index (χ0) is 18.5. The zero-order valence-electron chi connectivity index (χ0n) is 15.3. The van der Waals surface area contributed by atoms with Gasteiger partial charge in [0.25, 0.3) is 5.91 Å². The second-order valence-corrected chi connectivity index (χ2v) is 6.52. The lowest BCUT2D eigenvalue weighted by Crippen LogP contribution is -2.14. The number of carbonyl (C=O) groups is 1. The lowest BCUT2D eigenvalue weighted by molar-refractivity contribution is 0.102. The molecule has 0 fully saturated rings. The van der Waals surface area contributed by atoms with E-state index in [4.69, 9.17) is 0 Å². The first-order valence-electron chi connectivity index (χ1n) is 8.65. The number of aromatic nitrogens is 1. The Labute approximate surface area is 154 Å². The molecule has 2 aromatic carbocycles. The van der Waals surface area contributed by atoms with Crippen LogP contribution in [-0.4, -0.2) is 10.9 Å². The Morgan fingerprint density at radius 2 is 1.65 bits per heavy atom. The molecule has 0 atom stereocenters. The number of para-hydroxylation sites is 1. The van der Waals surface area contributed by atoms with E-state index < -0.39 is 0 Å². The molecule has 0 saturated carbocycles. The Kier molecular flexibility index (Phi) is 5.32. The van der Waals surface area contributed by atoms with Gasteiger partial charge < -0.3 is 10.6 Å². The number of anilines is 2. The van der Waals surface area contributed by atoms with Crippen molar-refractivity contribution in [1.82, 2.24) is 4.98 Å². The summed E-state index contributed by atoms with van der Waals surface area (Å²) in [6, 6.07) is 16.1. The smallest absolute Gasteiger partial charge is 0.257 e. The molecule has 132 valence electrons. The molecule has 0 bridgehead atoms. The molecule has 1 heterocycles. The Hall–Kier alpha value is -3.14.